The lowest BCUT2D eigenvalue weighted by atomic mass is 9.84. The predicted octanol–water partition coefficient (Wildman–Crippen LogP) is 13.9. The van der Waals surface area contributed by atoms with Gasteiger partial charge in [0.15, 0.2) is 11.2 Å². The molecule has 0 saturated carbocycles. The Morgan fingerprint density at radius 1 is 0.280 bits per heavy atom. The molecule has 0 amide bonds. The number of hydrogen-bond donors (Lipinski definition) is 0. The van der Waals surface area contributed by atoms with E-state index >= 15 is 0 Å². The van der Waals surface area contributed by atoms with Crippen molar-refractivity contribution in [2.24, 2.45) is 0 Å². The second kappa shape index (κ2) is 10.4. The summed E-state index contributed by atoms with van der Waals surface area (Å²) in [5.41, 5.74) is 10.6. The van der Waals surface area contributed by atoms with Crippen molar-refractivity contribution in [2.75, 3.05) is 0 Å². The Hall–Kier alpha value is -6.64. The second-order valence-corrected chi connectivity index (χ2v) is 13.2. The zero-order chi connectivity index (χ0) is 32.8. The molecule has 11 rings (SSSR count). The third-order valence-corrected chi connectivity index (χ3v) is 10.5. The quantitative estimate of drug-likeness (QED) is 0.180. The molecule has 0 aliphatic heterocycles. The van der Waals surface area contributed by atoms with Crippen molar-refractivity contribution < 1.29 is 8.83 Å². The van der Waals surface area contributed by atoms with Gasteiger partial charge in [-0.3, -0.25) is 0 Å². The minimum absolute atomic E-state index is 0.795. The first kappa shape index (κ1) is 27.3. The van der Waals surface area contributed by atoms with E-state index in [1.54, 1.807) is 0 Å². The van der Waals surface area contributed by atoms with Crippen LogP contribution in [-0.4, -0.2) is 0 Å². The summed E-state index contributed by atoms with van der Waals surface area (Å²) in [5.74, 6) is 0. The number of fused-ring (bicyclic) bond motifs is 10. The van der Waals surface area contributed by atoms with Crippen LogP contribution in [0.25, 0.3) is 110 Å². The lowest BCUT2D eigenvalue weighted by molar-refractivity contribution is 0.633. The van der Waals surface area contributed by atoms with E-state index in [0.717, 1.165) is 55.0 Å². The van der Waals surface area contributed by atoms with Gasteiger partial charge in [0.2, 0.25) is 0 Å². The third-order valence-electron chi connectivity index (χ3n) is 10.5. The maximum Gasteiger partial charge on any atom is 0.178 e. The summed E-state index contributed by atoms with van der Waals surface area (Å²) < 4.78 is 12.8. The van der Waals surface area contributed by atoms with Crippen molar-refractivity contribution in [1.29, 1.82) is 0 Å². The van der Waals surface area contributed by atoms with Gasteiger partial charge in [-0.2, -0.15) is 0 Å². The van der Waals surface area contributed by atoms with Crippen LogP contribution in [0.2, 0.25) is 0 Å². The van der Waals surface area contributed by atoms with Crippen LogP contribution in [0.5, 0.6) is 0 Å². The van der Waals surface area contributed by atoms with Crippen LogP contribution in [-0.2, 0) is 0 Å². The zero-order valence-electron chi connectivity index (χ0n) is 27.0. The maximum absolute atomic E-state index is 6.46. The van der Waals surface area contributed by atoms with Gasteiger partial charge >= 0.3 is 0 Å². The first-order chi connectivity index (χ1) is 24.8. The first-order valence-corrected chi connectivity index (χ1v) is 17.1. The van der Waals surface area contributed by atoms with Crippen LogP contribution >= 0.6 is 0 Å². The van der Waals surface area contributed by atoms with Crippen LogP contribution < -0.4 is 0 Å². The summed E-state index contributed by atoms with van der Waals surface area (Å²) in [6.45, 7) is 0. The van der Waals surface area contributed by atoms with Gasteiger partial charge < -0.3 is 8.83 Å². The Balaban J connectivity index is 1.12. The molecule has 0 aliphatic rings. The maximum atomic E-state index is 6.46. The molecule has 0 aliphatic carbocycles. The van der Waals surface area contributed by atoms with Crippen LogP contribution in [0.1, 0.15) is 0 Å². The molecule has 2 aromatic heterocycles. The number of para-hydroxylation sites is 1. The molecule has 50 heavy (non-hydrogen) atoms. The minimum Gasteiger partial charge on any atom is -0.452 e. The second-order valence-electron chi connectivity index (χ2n) is 13.2. The Morgan fingerprint density at radius 2 is 0.800 bits per heavy atom. The molecule has 2 heterocycles. The van der Waals surface area contributed by atoms with E-state index in [0.29, 0.717) is 0 Å². The van der Waals surface area contributed by atoms with E-state index in [-0.39, 0.29) is 0 Å². The van der Waals surface area contributed by atoms with Crippen molar-refractivity contribution in [3.63, 3.8) is 0 Å². The summed E-state index contributed by atoms with van der Waals surface area (Å²) in [4.78, 5) is 0. The monoisotopic (exact) mass is 636 g/mol. The summed E-state index contributed by atoms with van der Waals surface area (Å²) in [6, 6.07) is 61.1. The lowest BCUT2D eigenvalue weighted by Gasteiger charge is -2.19. The largest absolute Gasteiger partial charge is 0.452 e. The average Bonchev–Trinajstić information content (AvgIpc) is 3.75. The molecule has 0 unspecified atom stereocenters. The third kappa shape index (κ3) is 3.90. The predicted molar refractivity (Wildman–Crippen MR) is 210 cm³/mol. The Kier molecular flexibility index (Phi) is 5.70. The van der Waals surface area contributed by atoms with Crippen molar-refractivity contribution in [2.45, 2.75) is 0 Å². The first-order valence-electron chi connectivity index (χ1n) is 17.1. The number of benzene rings is 9. The van der Waals surface area contributed by atoms with Gasteiger partial charge in [-0.05, 0) is 102 Å². The molecule has 0 spiro atoms. The fraction of sp³-hybridized carbons (Fsp3) is 0. The highest BCUT2D eigenvalue weighted by atomic mass is 16.4. The Labute approximate surface area is 287 Å². The van der Waals surface area contributed by atoms with E-state index < -0.39 is 0 Å². The molecule has 2 nitrogen and oxygen atoms in total. The summed E-state index contributed by atoms with van der Waals surface area (Å²) in [6.07, 6.45) is 0. The van der Waals surface area contributed by atoms with Gasteiger partial charge in [0.25, 0.3) is 0 Å². The van der Waals surface area contributed by atoms with Gasteiger partial charge in [-0.15, -0.1) is 0 Å². The molecule has 0 saturated heterocycles. The SMILES string of the molecule is c1cc(-c2ccc3oc4c(ccc5c6ccccc6oc54)c3c2)cc(-c2c3ccccc3c(-c3cccc4ccccc34)c3ccccc23)c1. The van der Waals surface area contributed by atoms with Crippen molar-refractivity contribution in [3.05, 3.63) is 170 Å². The Bertz CT molecular complexity index is 3090. The van der Waals surface area contributed by atoms with Crippen LogP contribution in [0.4, 0.5) is 0 Å². The standard InChI is InChI=1S/C48H28O2/c1-2-15-33-29(11-1)12-10-21-35(33)46-38-19-5-3-17-36(38)45(37-18-4-6-20-39(37)46)32-14-9-13-30(27-32)31-23-26-44-42(28-31)41-25-24-40-34-16-7-8-22-43(34)49-47(40)48(41)50-44/h1-28H. The molecule has 232 valence electrons. The molecular formula is C48H28O2. The molecule has 11 aromatic rings. The van der Waals surface area contributed by atoms with Gasteiger partial charge in [-0.1, -0.05) is 133 Å². The molecule has 0 fully saturated rings. The van der Waals surface area contributed by atoms with Gasteiger partial charge in [-0.25, -0.2) is 0 Å². The summed E-state index contributed by atoms with van der Waals surface area (Å²) >= 11 is 0. The van der Waals surface area contributed by atoms with Gasteiger partial charge in [0, 0.05) is 21.5 Å². The van der Waals surface area contributed by atoms with Crippen LogP contribution in [0.15, 0.2) is 179 Å². The summed E-state index contributed by atoms with van der Waals surface area (Å²) in [7, 11) is 0. The smallest absolute Gasteiger partial charge is 0.178 e. The Morgan fingerprint density at radius 3 is 1.54 bits per heavy atom. The van der Waals surface area contributed by atoms with Crippen LogP contribution in [0.3, 0.4) is 0 Å². The normalized spacial score (nSPS) is 12.0. The molecule has 9 aromatic carbocycles. The molecule has 2 heteroatoms. The molecule has 0 bridgehead atoms. The van der Waals surface area contributed by atoms with E-state index in [2.05, 4.69) is 152 Å². The van der Waals surface area contributed by atoms with Gasteiger partial charge in [0.05, 0.1) is 0 Å². The molecular weight excluding hydrogens is 609 g/mol. The van der Waals surface area contributed by atoms with Crippen LogP contribution in [0, 0.1) is 0 Å². The average molecular weight is 637 g/mol. The number of furan rings is 2. The number of rotatable bonds is 3. The number of hydrogen-bond acceptors (Lipinski definition) is 2. The zero-order valence-corrected chi connectivity index (χ0v) is 27.0. The van der Waals surface area contributed by atoms with E-state index in [1.807, 2.05) is 18.2 Å². The van der Waals surface area contributed by atoms with Gasteiger partial charge in [0.1, 0.15) is 11.2 Å². The van der Waals surface area contributed by atoms with E-state index in [1.165, 1.54) is 54.6 Å². The molecule has 0 atom stereocenters. The molecule has 0 radical (unpaired) electrons. The highest BCUT2D eigenvalue weighted by Gasteiger charge is 2.19. The fourth-order valence-corrected chi connectivity index (χ4v) is 8.22. The van der Waals surface area contributed by atoms with Crippen molar-refractivity contribution >= 4 is 76.2 Å². The highest BCUT2D eigenvalue weighted by molar-refractivity contribution is 6.24. The lowest BCUT2D eigenvalue weighted by Crippen LogP contribution is -1.92. The highest BCUT2D eigenvalue weighted by Crippen LogP contribution is 2.46. The molecule has 0 N–H and O–H groups in total. The van der Waals surface area contributed by atoms with Crippen molar-refractivity contribution in [1.82, 2.24) is 0 Å². The fourth-order valence-electron chi connectivity index (χ4n) is 8.22. The summed E-state index contributed by atoms with van der Waals surface area (Å²) in [5, 5.41) is 11.8. The topological polar surface area (TPSA) is 26.3 Å². The van der Waals surface area contributed by atoms with E-state index in [9.17, 15) is 0 Å². The van der Waals surface area contributed by atoms with E-state index in [4.69, 9.17) is 8.83 Å². The minimum atomic E-state index is 0.795. The van der Waals surface area contributed by atoms with Crippen molar-refractivity contribution in [3.8, 4) is 33.4 Å².